The minimum atomic E-state index is -2.93. The molecule has 282 valence electrons. The molecule has 3 aliphatic carbocycles. The van der Waals surface area contributed by atoms with Crippen molar-refractivity contribution in [1.82, 2.24) is 9.62 Å². The average molecular weight is 748 g/mol. The van der Waals surface area contributed by atoms with Crippen LogP contribution in [0.2, 0.25) is 5.02 Å². The number of nitrogens with zero attached hydrogens (tertiary/aromatic N) is 2. The van der Waals surface area contributed by atoms with Crippen LogP contribution in [-0.2, 0) is 26.3 Å². The van der Waals surface area contributed by atoms with E-state index in [9.17, 15) is 9.00 Å². The molecule has 7 atom stereocenters. The number of ether oxygens (including phenoxy) is 2. The molecule has 8 rings (SSSR count). The number of carbonyl (C=O) groups is 1. The van der Waals surface area contributed by atoms with Gasteiger partial charge in [0.05, 0.1) is 28.6 Å². The molecule has 1 amide bonds. The van der Waals surface area contributed by atoms with Crippen molar-refractivity contribution in [2.24, 2.45) is 23.7 Å². The number of fused-ring (bicyclic) bond motifs is 5. The van der Waals surface area contributed by atoms with Crippen molar-refractivity contribution in [2.45, 2.75) is 101 Å². The fourth-order valence-corrected chi connectivity index (χ4v) is 12.2. The predicted molar refractivity (Wildman–Crippen MR) is 213 cm³/mol. The van der Waals surface area contributed by atoms with Gasteiger partial charge in [-0.1, -0.05) is 56.0 Å². The number of halogens is 1. The molecule has 7 nitrogen and oxygen atoms in total. The molecule has 2 bridgehead atoms. The molecule has 1 N–H and O–H groups in total. The lowest BCUT2D eigenvalue weighted by Crippen LogP contribution is -2.60. The zero-order chi connectivity index (χ0) is 36.1. The zero-order valence-corrected chi connectivity index (χ0v) is 32.8. The Balaban J connectivity index is 1.18. The molecule has 2 aromatic carbocycles. The lowest BCUT2D eigenvalue weighted by Gasteiger charge is -2.54. The first-order valence-electron chi connectivity index (χ1n) is 20.1. The summed E-state index contributed by atoms with van der Waals surface area (Å²) in [5, 5.41) is 0.470. The first kappa shape index (κ1) is 36.5. The van der Waals surface area contributed by atoms with Gasteiger partial charge in [-0.15, -0.1) is 0 Å². The maximum Gasteiger partial charge on any atom is 0.262 e. The van der Waals surface area contributed by atoms with Crippen LogP contribution in [0.4, 0.5) is 5.69 Å². The number of carbonyl (C=O) groups excluding carboxylic acids is 1. The Kier molecular flexibility index (Phi) is 10.2. The lowest BCUT2D eigenvalue weighted by atomic mass is 9.63. The number of benzene rings is 2. The van der Waals surface area contributed by atoms with Crippen molar-refractivity contribution in [3.63, 3.8) is 0 Å². The van der Waals surface area contributed by atoms with Crippen LogP contribution in [-0.4, -0.2) is 77.7 Å². The number of hydrogen-bond donors (Lipinski definition) is 1. The van der Waals surface area contributed by atoms with Crippen LogP contribution in [0.15, 0.2) is 48.6 Å². The summed E-state index contributed by atoms with van der Waals surface area (Å²) in [7, 11) is -2.93. The summed E-state index contributed by atoms with van der Waals surface area (Å²) in [4.78, 5) is 19.0. The molecule has 2 spiro atoms. The summed E-state index contributed by atoms with van der Waals surface area (Å²) >= 11 is 6.53. The molecule has 3 heterocycles. The van der Waals surface area contributed by atoms with Gasteiger partial charge in [0.1, 0.15) is 11.4 Å². The van der Waals surface area contributed by atoms with Crippen LogP contribution < -0.4 is 14.4 Å². The van der Waals surface area contributed by atoms with Crippen LogP contribution >= 0.6 is 11.6 Å². The number of rotatable bonds is 2. The van der Waals surface area contributed by atoms with Gasteiger partial charge in [-0.05, 0) is 129 Å². The molecule has 1 unspecified atom stereocenters. The minimum Gasteiger partial charge on any atom is -0.490 e. The second-order valence-corrected chi connectivity index (χ2v) is 20.1. The SMILES string of the molecule is C=S1(=O)NC(=O)c2ccc3c(c2)N(C[C@@H]2CC[C@H]2[C@]2(/C=C/C[C@H](C)[C@H]1C)CN(CC1CCCCC1)CCO2)C[C@@]1(CCCc2cc(Cl)ccc21)CO3. The Bertz CT molecular complexity index is 1790. The third-order valence-corrected chi connectivity index (χ3v) is 16.3. The molecule has 0 radical (unpaired) electrons. The molecule has 3 aliphatic heterocycles. The molecule has 2 saturated carbocycles. The van der Waals surface area contributed by atoms with Gasteiger partial charge in [0.2, 0.25) is 0 Å². The standard InChI is InChI=1S/C43H58ClN3O4S/c1-30-9-7-20-43(28-46(21-22-51-43)25-32-10-5-4-6-11-32)38-16-13-35(38)26-47-27-42(19-8-12-33-23-36(44)15-17-37(33)42)29-50-40-18-14-34(24-39(40)47)41(48)45-52(3,49)31(30)2/h7,14-15,17-18,20,23-24,30-32,35,38H,3-6,8-13,16,19,21-22,25-29H2,1-2H3,(H,45,48,49)/b20-7+/t30-,31+,35-,38+,42-,43-,52?/m0/s1. The second-order valence-electron chi connectivity index (χ2n) is 17.3. The summed E-state index contributed by atoms with van der Waals surface area (Å²) in [6.07, 6.45) is 17.6. The van der Waals surface area contributed by atoms with E-state index in [4.69, 9.17) is 21.1 Å². The molecular formula is C43H58ClN3O4S. The van der Waals surface area contributed by atoms with Gasteiger partial charge in [0.25, 0.3) is 5.91 Å². The van der Waals surface area contributed by atoms with Crippen LogP contribution in [0.1, 0.15) is 99.5 Å². The number of amides is 1. The summed E-state index contributed by atoms with van der Waals surface area (Å²) < 4.78 is 30.7. The van der Waals surface area contributed by atoms with E-state index in [-0.39, 0.29) is 28.1 Å². The van der Waals surface area contributed by atoms with Crippen molar-refractivity contribution in [3.8, 4) is 5.75 Å². The third kappa shape index (κ3) is 7.07. The Labute approximate surface area is 317 Å². The van der Waals surface area contributed by atoms with E-state index in [2.05, 4.69) is 51.6 Å². The van der Waals surface area contributed by atoms with E-state index in [1.807, 2.05) is 31.2 Å². The van der Waals surface area contributed by atoms with Gasteiger partial charge < -0.3 is 14.4 Å². The van der Waals surface area contributed by atoms with Crippen LogP contribution in [0, 0.1) is 23.7 Å². The highest BCUT2D eigenvalue weighted by atomic mass is 35.5. The number of allylic oxidation sites excluding steroid dienone is 1. The topological polar surface area (TPSA) is 71.1 Å². The van der Waals surface area contributed by atoms with Crippen molar-refractivity contribution >= 4 is 38.8 Å². The van der Waals surface area contributed by atoms with E-state index in [1.165, 1.54) is 49.8 Å². The van der Waals surface area contributed by atoms with Gasteiger partial charge in [-0.3, -0.25) is 14.4 Å². The molecule has 6 aliphatic rings. The number of aryl methyl sites for hydroxylation is 1. The Hall–Kier alpha value is -2.52. The van der Waals surface area contributed by atoms with Gasteiger partial charge >= 0.3 is 0 Å². The highest BCUT2D eigenvalue weighted by Crippen LogP contribution is 2.50. The molecule has 0 aromatic heterocycles. The van der Waals surface area contributed by atoms with E-state index in [0.717, 1.165) is 93.7 Å². The van der Waals surface area contributed by atoms with Gasteiger partial charge in [-0.2, -0.15) is 0 Å². The van der Waals surface area contributed by atoms with Crippen LogP contribution in [0.5, 0.6) is 5.75 Å². The van der Waals surface area contributed by atoms with E-state index >= 15 is 0 Å². The van der Waals surface area contributed by atoms with E-state index in [1.54, 1.807) is 0 Å². The maximum absolute atomic E-state index is 14.1. The Morgan fingerprint density at radius 2 is 1.88 bits per heavy atom. The van der Waals surface area contributed by atoms with Crippen molar-refractivity contribution in [3.05, 3.63) is 70.3 Å². The highest BCUT2D eigenvalue weighted by molar-refractivity contribution is 7.99. The van der Waals surface area contributed by atoms with Crippen LogP contribution in [0.3, 0.4) is 0 Å². The Morgan fingerprint density at radius 1 is 1.04 bits per heavy atom. The number of hydrogen-bond acceptors (Lipinski definition) is 6. The predicted octanol–water partition coefficient (Wildman–Crippen LogP) is 7.84. The molecule has 52 heavy (non-hydrogen) atoms. The first-order chi connectivity index (χ1) is 25.0. The van der Waals surface area contributed by atoms with Gasteiger partial charge in [0.15, 0.2) is 0 Å². The highest BCUT2D eigenvalue weighted by Gasteiger charge is 2.51. The molecule has 2 aromatic rings. The monoisotopic (exact) mass is 747 g/mol. The average Bonchev–Trinajstić information content (AvgIpc) is 3.26. The normalized spacial score (nSPS) is 36.5. The van der Waals surface area contributed by atoms with Crippen molar-refractivity contribution < 1.29 is 18.5 Å². The maximum atomic E-state index is 14.1. The van der Waals surface area contributed by atoms with E-state index in [0.29, 0.717) is 24.0 Å². The smallest absolute Gasteiger partial charge is 0.262 e. The largest absolute Gasteiger partial charge is 0.490 e. The third-order valence-electron chi connectivity index (χ3n) is 13.9. The Morgan fingerprint density at radius 3 is 2.69 bits per heavy atom. The fraction of sp³-hybridized carbons (Fsp3) is 0.628. The molecule has 1 saturated heterocycles. The van der Waals surface area contributed by atoms with E-state index < -0.39 is 9.71 Å². The summed E-state index contributed by atoms with van der Waals surface area (Å²) in [6, 6.07) is 12.1. The van der Waals surface area contributed by atoms with Crippen molar-refractivity contribution in [2.75, 3.05) is 50.8 Å². The summed E-state index contributed by atoms with van der Waals surface area (Å²) in [5.41, 5.74) is 3.50. The number of nitrogens with one attached hydrogen (secondary N) is 1. The van der Waals surface area contributed by atoms with Crippen LogP contribution in [0.25, 0.3) is 0 Å². The fourth-order valence-electron chi connectivity index (χ4n) is 10.5. The molecule has 9 heteroatoms. The first-order valence-corrected chi connectivity index (χ1v) is 22.2. The molecule has 3 fully saturated rings. The van der Waals surface area contributed by atoms with Gasteiger partial charge in [-0.25, -0.2) is 4.21 Å². The van der Waals surface area contributed by atoms with Gasteiger partial charge in [0, 0.05) is 54.0 Å². The second kappa shape index (κ2) is 14.6. The van der Waals surface area contributed by atoms with Crippen molar-refractivity contribution in [1.29, 1.82) is 0 Å². The summed E-state index contributed by atoms with van der Waals surface area (Å²) in [6.45, 7) is 10.1. The molecular weight excluding hydrogens is 690 g/mol. The quantitative estimate of drug-likeness (QED) is 0.250. The minimum absolute atomic E-state index is 0.0611. The number of anilines is 1. The lowest BCUT2D eigenvalue weighted by molar-refractivity contribution is -0.146. The zero-order valence-electron chi connectivity index (χ0n) is 31.3. The number of morpholine rings is 1. The summed E-state index contributed by atoms with van der Waals surface area (Å²) in [5.74, 6) is 6.18.